The molecule has 230 valence electrons. The van der Waals surface area contributed by atoms with Crippen molar-refractivity contribution < 1.29 is 24.2 Å². The minimum absolute atomic E-state index is 0.0712. The molecule has 8 heteroatoms. The molecule has 3 fully saturated rings. The molecule has 0 aromatic heterocycles. The van der Waals surface area contributed by atoms with Crippen molar-refractivity contribution in [3.8, 4) is 0 Å². The minimum atomic E-state index is -1.20. The maximum Gasteiger partial charge on any atom is 0.253 e. The third-order valence-electron chi connectivity index (χ3n) is 9.95. The first-order valence-electron chi connectivity index (χ1n) is 15.4. The number of nitrogens with zero attached hydrogens (tertiary/aromatic N) is 3. The fourth-order valence-electron chi connectivity index (χ4n) is 7.82. The summed E-state index contributed by atoms with van der Waals surface area (Å²) in [6.45, 7) is 22.4. The molecule has 1 spiro atoms. The maximum absolute atomic E-state index is 15.0. The third kappa shape index (κ3) is 4.80. The monoisotopic (exact) mass is 579 g/mol. The van der Waals surface area contributed by atoms with Gasteiger partial charge in [-0.1, -0.05) is 52.0 Å². The Balaban J connectivity index is 1.92. The number of rotatable bonds is 12. The third-order valence-corrected chi connectivity index (χ3v) is 9.95. The molecule has 3 heterocycles. The zero-order chi connectivity index (χ0) is 31.1. The van der Waals surface area contributed by atoms with Crippen LogP contribution in [-0.4, -0.2) is 82.2 Å². The number of ether oxygens (including phenoxy) is 1. The summed E-state index contributed by atoms with van der Waals surface area (Å²) in [6.07, 6.45) is 4.62. The highest BCUT2D eigenvalue weighted by Crippen LogP contribution is 2.66. The summed E-state index contributed by atoms with van der Waals surface area (Å²) in [7, 11) is 0. The van der Waals surface area contributed by atoms with Gasteiger partial charge in [0.05, 0.1) is 30.1 Å². The zero-order valence-corrected chi connectivity index (χ0v) is 26.4. The highest BCUT2D eigenvalue weighted by atomic mass is 16.5. The minimum Gasteiger partial charge on any atom is -0.394 e. The average Bonchev–Trinajstić information content (AvgIpc) is 3.45. The van der Waals surface area contributed by atoms with E-state index in [1.54, 1.807) is 26.9 Å². The van der Waals surface area contributed by atoms with Crippen LogP contribution in [0, 0.1) is 37.5 Å². The van der Waals surface area contributed by atoms with Crippen molar-refractivity contribution in [2.24, 2.45) is 23.7 Å². The first-order valence-corrected chi connectivity index (χ1v) is 15.4. The Bertz CT molecular complexity index is 1250. The lowest BCUT2D eigenvalue weighted by atomic mass is 9.62. The van der Waals surface area contributed by atoms with Crippen molar-refractivity contribution in [2.75, 3.05) is 31.1 Å². The van der Waals surface area contributed by atoms with Crippen LogP contribution in [-0.2, 0) is 19.1 Å². The topological polar surface area (TPSA) is 90.4 Å². The quantitative estimate of drug-likeness (QED) is 0.374. The van der Waals surface area contributed by atoms with Gasteiger partial charge in [-0.25, -0.2) is 0 Å². The lowest BCUT2D eigenvalue weighted by molar-refractivity contribution is -0.154. The molecule has 4 rings (SSSR count). The van der Waals surface area contributed by atoms with E-state index < -0.39 is 35.1 Å². The number of aliphatic hydroxyl groups is 1. The number of hydrogen-bond acceptors (Lipinski definition) is 5. The van der Waals surface area contributed by atoms with Crippen molar-refractivity contribution in [1.29, 1.82) is 0 Å². The van der Waals surface area contributed by atoms with Gasteiger partial charge >= 0.3 is 0 Å². The molecule has 1 N–H and O–H groups in total. The summed E-state index contributed by atoms with van der Waals surface area (Å²) < 4.78 is 6.96. The molecular weight excluding hydrogens is 530 g/mol. The second-order valence-corrected chi connectivity index (χ2v) is 13.0. The maximum atomic E-state index is 15.0. The lowest BCUT2D eigenvalue weighted by Crippen LogP contribution is -2.60. The summed E-state index contributed by atoms with van der Waals surface area (Å²) in [5, 5.41) is 10.6. The van der Waals surface area contributed by atoms with E-state index in [2.05, 4.69) is 20.1 Å². The molecule has 0 radical (unpaired) electrons. The Kier molecular flexibility index (Phi) is 9.10. The highest BCUT2D eigenvalue weighted by Gasteiger charge is 2.80. The number of amides is 3. The normalized spacial score (nSPS) is 30.4. The number of carbonyl (C=O) groups excluding carboxylic acids is 3. The van der Waals surface area contributed by atoms with E-state index >= 15 is 0 Å². The Morgan fingerprint density at radius 3 is 2.43 bits per heavy atom. The Morgan fingerprint density at radius 2 is 1.86 bits per heavy atom. The number of benzene rings is 1. The molecule has 3 saturated heterocycles. The van der Waals surface area contributed by atoms with E-state index in [1.165, 1.54) is 0 Å². The first-order chi connectivity index (χ1) is 19.8. The molecule has 7 atom stereocenters. The predicted octanol–water partition coefficient (Wildman–Crippen LogP) is 4.27. The molecule has 0 aliphatic carbocycles. The fraction of sp³-hybridized carbons (Fsp3) is 0.618. The molecule has 3 aliphatic heterocycles. The molecule has 3 unspecified atom stereocenters. The predicted molar refractivity (Wildman–Crippen MR) is 165 cm³/mol. The standard InChI is InChI=1S/C34H49N3O5/c1-10-15-35(16-11-2)30(39)27-28-31(40)37(26(20-38)21(4)5)29(34(28)19-24(8)33(27,9)42-34)32(41)36(17-12-3)25-18-22(6)13-14-23(25)7/h10,12-14,18,21,24,26-29,38H,1,3,11,15-17,19-20H2,2,4-9H3/t24?,26-,27+,28-,29?,33-,34?/m0/s1. The SMILES string of the molecule is C=CCN(CCC)C(=O)[C@H]1[C@H]2C(=O)N([C@@H](CO)C(C)C)C(C(=O)N(CC=C)c3cc(C)ccc3C)C23CC(C)[C@]1(C)O3. The van der Waals surface area contributed by atoms with E-state index in [0.717, 1.165) is 23.2 Å². The van der Waals surface area contributed by atoms with Crippen LogP contribution in [0.5, 0.6) is 0 Å². The van der Waals surface area contributed by atoms with Crippen LogP contribution in [0.2, 0.25) is 0 Å². The van der Waals surface area contributed by atoms with Crippen molar-refractivity contribution >= 4 is 23.4 Å². The second-order valence-electron chi connectivity index (χ2n) is 13.0. The molecule has 0 saturated carbocycles. The van der Waals surface area contributed by atoms with Crippen LogP contribution in [0.15, 0.2) is 43.5 Å². The van der Waals surface area contributed by atoms with Gasteiger partial charge in [0, 0.05) is 25.3 Å². The second kappa shape index (κ2) is 12.0. The number of likely N-dealkylation sites (tertiary alicyclic amines) is 1. The van der Waals surface area contributed by atoms with E-state index in [1.807, 2.05) is 59.7 Å². The molecule has 8 nitrogen and oxygen atoms in total. The van der Waals surface area contributed by atoms with Crippen LogP contribution in [0.3, 0.4) is 0 Å². The average molecular weight is 580 g/mol. The fourth-order valence-corrected chi connectivity index (χ4v) is 7.82. The summed E-state index contributed by atoms with van der Waals surface area (Å²) >= 11 is 0. The van der Waals surface area contributed by atoms with Crippen LogP contribution in [0.1, 0.15) is 58.6 Å². The van der Waals surface area contributed by atoms with E-state index in [4.69, 9.17) is 4.74 Å². The Hall–Kier alpha value is -2.97. The summed E-state index contributed by atoms with van der Waals surface area (Å²) in [4.78, 5) is 49.0. The van der Waals surface area contributed by atoms with Crippen molar-refractivity contribution in [2.45, 2.75) is 84.6 Å². The van der Waals surface area contributed by atoms with Gasteiger partial charge in [0.25, 0.3) is 5.91 Å². The summed E-state index contributed by atoms with van der Waals surface area (Å²) in [5.74, 6) is -2.49. The number of aliphatic hydroxyl groups excluding tert-OH is 1. The van der Waals surface area contributed by atoms with Gasteiger partial charge < -0.3 is 24.5 Å². The smallest absolute Gasteiger partial charge is 0.253 e. The van der Waals surface area contributed by atoms with Gasteiger partial charge in [0.2, 0.25) is 11.8 Å². The van der Waals surface area contributed by atoms with Gasteiger partial charge in [-0.3, -0.25) is 14.4 Å². The zero-order valence-electron chi connectivity index (χ0n) is 26.4. The van der Waals surface area contributed by atoms with Crippen molar-refractivity contribution in [3.05, 3.63) is 54.6 Å². The molecule has 3 aliphatic rings. The highest BCUT2D eigenvalue weighted by molar-refractivity contribution is 6.05. The molecule has 1 aromatic rings. The van der Waals surface area contributed by atoms with Crippen molar-refractivity contribution in [3.63, 3.8) is 0 Å². The number of hydrogen-bond donors (Lipinski definition) is 1. The van der Waals surface area contributed by atoms with E-state index in [-0.39, 0.29) is 42.7 Å². The molecule has 42 heavy (non-hydrogen) atoms. The van der Waals surface area contributed by atoms with Gasteiger partial charge in [-0.2, -0.15) is 0 Å². The first kappa shape index (κ1) is 32.0. The summed E-state index contributed by atoms with van der Waals surface area (Å²) in [5.41, 5.74) is 0.564. The van der Waals surface area contributed by atoms with E-state index in [0.29, 0.717) is 19.5 Å². The van der Waals surface area contributed by atoms with E-state index in [9.17, 15) is 19.5 Å². The Labute approximate surface area is 251 Å². The van der Waals surface area contributed by atoms with Crippen LogP contribution < -0.4 is 4.90 Å². The molecule has 3 amide bonds. The number of anilines is 1. The number of fused-ring (bicyclic) bond motifs is 1. The molecular formula is C34H49N3O5. The lowest BCUT2D eigenvalue weighted by Gasteiger charge is -2.41. The van der Waals surface area contributed by atoms with Crippen molar-refractivity contribution in [1.82, 2.24) is 9.80 Å². The Morgan fingerprint density at radius 1 is 1.19 bits per heavy atom. The molecule has 2 bridgehead atoms. The van der Waals surface area contributed by atoms with Crippen LogP contribution in [0.4, 0.5) is 5.69 Å². The molecule has 1 aromatic carbocycles. The number of aryl methyl sites for hydroxylation is 2. The largest absolute Gasteiger partial charge is 0.394 e. The summed E-state index contributed by atoms with van der Waals surface area (Å²) in [6, 6.07) is 4.34. The van der Waals surface area contributed by atoms with Crippen LogP contribution >= 0.6 is 0 Å². The van der Waals surface area contributed by atoms with Gasteiger partial charge in [-0.15, -0.1) is 13.2 Å². The van der Waals surface area contributed by atoms with Gasteiger partial charge in [-0.05, 0) is 62.6 Å². The number of carbonyl (C=O) groups is 3. The van der Waals surface area contributed by atoms with Gasteiger partial charge in [0.1, 0.15) is 11.6 Å². The van der Waals surface area contributed by atoms with Crippen LogP contribution in [0.25, 0.3) is 0 Å². The van der Waals surface area contributed by atoms with Gasteiger partial charge in [0.15, 0.2) is 0 Å².